The van der Waals surface area contributed by atoms with Crippen LogP contribution in [0.1, 0.15) is 16.8 Å². The van der Waals surface area contributed by atoms with E-state index in [1.54, 1.807) is 36.9 Å². The topological polar surface area (TPSA) is 97.6 Å². The first-order valence-corrected chi connectivity index (χ1v) is 10.1. The first-order valence-electron chi connectivity index (χ1n) is 9.70. The zero-order valence-electron chi connectivity index (χ0n) is 17.6. The van der Waals surface area contributed by atoms with Gasteiger partial charge in [0.05, 0.1) is 36.8 Å². The van der Waals surface area contributed by atoms with Gasteiger partial charge in [0.1, 0.15) is 10.9 Å². The van der Waals surface area contributed by atoms with Gasteiger partial charge in [0, 0.05) is 6.08 Å². The van der Waals surface area contributed by atoms with Crippen LogP contribution < -0.4 is 15.5 Å². The average Bonchev–Trinajstić information content (AvgIpc) is 3.10. The van der Waals surface area contributed by atoms with Gasteiger partial charge in [-0.2, -0.15) is 10.2 Å². The van der Waals surface area contributed by atoms with Crippen molar-refractivity contribution in [3.8, 4) is 11.4 Å². The second-order valence-electron chi connectivity index (χ2n) is 6.65. The molecule has 8 nitrogen and oxygen atoms in total. The van der Waals surface area contributed by atoms with Crippen LogP contribution in [-0.2, 0) is 9.59 Å². The zero-order valence-corrected chi connectivity index (χ0v) is 18.3. The number of aromatic nitrogens is 2. The van der Waals surface area contributed by atoms with Crippen molar-refractivity contribution in [2.24, 2.45) is 5.10 Å². The Kier molecular flexibility index (Phi) is 7.77. The van der Waals surface area contributed by atoms with E-state index in [4.69, 9.17) is 16.3 Å². The summed E-state index contributed by atoms with van der Waals surface area (Å²) in [6, 6.07) is 16.7. The number of nitrogens with zero attached hydrogens (tertiary/aromatic N) is 3. The SMILES string of the molecule is COc1ccc(C=CC(=O)NCC(=O)NN=Cc2c(C)nn(-c3ccccc3)c2Cl)cc1. The maximum absolute atomic E-state index is 11.9. The number of carbonyl (C=O) groups excluding carboxylic acids is 2. The minimum Gasteiger partial charge on any atom is -0.497 e. The van der Waals surface area contributed by atoms with Crippen LogP contribution in [0.5, 0.6) is 5.75 Å². The molecule has 0 saturated carbocycles. The molecular weight excluding hydrogens is 430 g/mol. The molecule has 0 unspecified atom stereocenters. The third kappa shape index (κ3) is 6.05. The number of hydrazone groups is 1. The van der Waals surface area contributed by atoms with E-state index in [2.05, 4.69) is 20.9 Å². The lowest BCUT2D eigenvalue weighted by atomic mass is 10.2. The Morgan fingerprint density at radius 2 is 1.88 bits per heavy atom. The van der Waals surface area contributed by atoms with Gasteiger partial charge in [-0.05, 0) is 42.8 Å². The van der Waals surface area contributed by atoms with Crippen molar-refractivity contribution in [3.63, 3.8) is 0 Å². The number of carbonyl (C=O) groups is 2. The highest BCUT2D eigenvalue weighted by atomic mass is 35.5. The molecule has 0 spiro atoms. The number of benzene rings is 2. The molecular formula is C23H22ClN5O3. The Labute approximate surface area is 190 Å². The smallest absolute Gasteiger partial charge is 0.259 e. The second kappa shape index (κ2) is 10.9. The molecule has 32 heavy (non-hydrogen) atoms. The number of aryl methyl sites for hydroxylation is 1. The molecule has 0 aliphatic heterocycles. The van der Waals surface area contributed by atoms with Crippen LogP contribution in [0.2, 0.25) is 5.15 Å². The molecule has 1 aromatic heterocycles. The van der Waals surface area contributed by atoms with Crippen LogP contribution in [0.3, 0.4) is 0 Å². The van der Waals surface area contributed by atoms with Crippen molar-refractivity contribution in [2.75, 3.05) is 13.7 Å². The molecule has 0 radical (unpaired) electrons. The van der Waals surface area contributed by atoms with Gasteiger partial charge in [-0.1, -0.05) is 41.9 Å². The highest BCUT2D eigenvalue weighted by Gasteiger charge is 2.13. The largest absolute Gasteiger partial charge is 0.497 e. The van der Waals surface area contributed by atoms with Crippen LogP contribution >= 0.6 is 11.6 Å². The molecule has 2 aromatic carbocycles. The number of rotatable bonds is 8. The molecule has 0 aliphatic carbocycles. The summed E-state index contributed by atoms with van der Waals surface area (Å²) in [5.74, 6) is -0.146. The van der Waals surface area contributed by atoms with E-state index in [0.717, 1.165) is 17.0 Å². The lowest BCUT2D eigenvalue weighted by molar-refractivity contribution is -0.123. The Balaban J connectivity index is 1.50. The molecule has 9 heteroatoms. The van der Waals surface area contributed by atoms with Gasteiger partial charge in [0.2, 0.25) is 5.91 Å². The summed E-state index contributed by atoms with van der Waals surface area (Å²) >= 11 is 6.41. The molecule has 164 valence electrons. The highest BCUT2D eigenvalue weighted by Crippen LogP contribution is 2.21. The van der Waals surface area contributed by atoms with E-state index in [1.807, 2.05) is 42.5 Å². The Bertz CT molecular complexity index is 1140. The number of hydrogen-bond acceptors (Lipinski definition) is 5. The van der Waals surface area contributed by atoms with Crippen molar-refractivity contribution in [1.29, 1.82) is 0 Å². The molecule has 1 heterocycles. The van der Waals surface area contributed by atoms with Gasteiger partial charge in [0.15, 0.2) is 0 Å². The maximum Gasteiger partial charge on any atom is 0.259 e. The third-order valence-electron chi connectivity index (χ3n) is 4.40. The van der Waals surface area contributed by atoms with E-state index in [0.29, 0.717) is 16.4 Å². The van der Waals surface area contributed by atoms with E-state index < -0.39 is 11.8 Å². The summed E-state index contributed by atoms with van der Waals surface area (Å²) in [6.07, 6.45) is 4.41. The van der Waals surface area contributed by atoms with Crippen molar-refractivity contribution in [3.05, 3.63) is 82.6 Å². The maximum atomic E-state index is 11.9. The summed E-state index contributed by atoms with van der Waals surface area (Å²) in [5.41, 5.74) is 5.25. The fourth-order valence-electron chi connectivity index (χ4n) is 2.72. The van der Waals surface area contributed by atoms with Crippen molar-refractivity contribution >= 4 is 35.7 Å². The van der Waals surface area contributed by atoms with Gasteiger partial charge >= 0.3 is 0 Å². The first-order chi connectivity index (χ1) is 15.5. The van der Waals surface area contributed by atoms with Gasteiger partial charge in [0.25, 0.3) is 5.91 Å². The Hall–Kier alpha value is -3.91. The number of nitrogens with one attached hydrogen (secondary N) is 2. The monoisotopic (exact) mass is 451 g/mol. The predicted octanol–water partition coefficient (Wildman–Crippen LogP) is 3.12. The number of methoxy groups -OCH3 is 1. The number of halogens is 1. The molecule has 3 aromatic rings. The first kappa shape index (κ1) is 22.8. The Morgan fingerprint density at radius 1 is 1.16 bits per heavy atom. The van der Waals surface area contributed by atoms with E-state index in [-0.39, 0.29) is 6.54 Å². The fraction of sp³-hybridized carbons (Fsp3) is 0.130. The average molecular weight is 452 g/mol. The number of para-hydroxylation sites is 1. The van der Waals surface area contributed by atoms with E-state index in [1.165, 1.54) is 12.3 Å². The van der Waals surface area contributed by atoms with Crippen LogP contribution in [0, 0.1) is 6.92 Å². The van der Waals surface area contributed by atoms with Crippen LogP contribution in [0.25, 0.3) is 11.8 Å². The van der Waals surface area contributed by atoms with Gasteiger partial charge < -0.3 is 10.1 Å². The molecule has 0 bridgehead atoms. The lowest BCUT2D eigenvalue weighted by Crippen LogP contribution is -2.34. The van der Waals surface area contributed by atoms with Gasteiger partial charge in [-0.25, -0.2) is 10.1 Å². The van der Waals surface area contributed by atoms with Crippen molar-refractivity contribution < 1.29 is 14.3 Å². The predicted molar refractivity (Wildman–Crippen MR) is 124 cm³/mol. The van der Waals surface area contributed by atoms with E-state index >= 15 is 0 Å². The molecule has 0 fully saturated rings. The summed E-state index contributed by atoms with van der Waals surface area (Å²) in [5, 5.41) is 11.2. The van der Waals surface area contributed by atoms with Crippen molar-refractivity contribution in [2.45, 2.75) is 6.92 Å². The molecule has 3 rings (SSSR count). The van der Waals surface area contributed by atoms with Crippen molar-refractivity contribution in [1.82, 2.24) is 20.5 Å². The minimum atomic E-state index is -0.475. The normalized spacial score (nSPS) is 11.1. The number of amides is 2. The Morgan fingerprint density at radius 3 is 2.56 bits per heavy atom. The molecule has 0 saturated heterocycles. The van der Waals surface area contributed by atoms with Gasteiger partial charge in [-0.3, -0.25) is 9.59 Å². The van der Waals surface area contributed by atoms with E-state index in [9.17, 15) is 9.59 Å². The van der Waals surface area contributed by atoms with Crippen LogP contribution in [0.15, 0.2) is 65.8 Å². The molecule has 0 atom stereocenters. The van der Waals surface area contributed by atoms with Crippen LogP contribution in [-0.4, -0.2) is 41.5 Å². The fourth-order valence-corrected chi connectivity index (χ4v) is 3.04. The molecule has 2 N–H and O–H groups in total. The lowest BCUT2D eigenvalue weighted by Gasteiger charge is -2.02. The summed E-state index contributed by atoms with van der Waals surface area (Å²) in [6.45, 7) is 1.57. The summed E-state index contributed by atoms with van der Waals surface area (Å²) < 4.78 is 6.68. The zero-order chi connectivity index (χ0) is 22.9. The minimum absolute atomic E-state index is 0.223. The number of ether oxygens (including phenoxy) is 1. The van der Waals surface area contributed by atoms with Gasteiger partial charge in [-0.15, -0.1) is 0 Å². The quantitative estimate of drug-likeness (QED) is 0.312. The molecule has 2 amide bonds. The van der Waals surface area contributed by atoms with Crippen LogP contribution in [0.4, 0.5) is 0 Å². The molecule has 0 aliphatic rings. The third-order valence-corrected chi connectivity index (χ3v) is 4.76. The standard InChI is InChI=1S/C23H22ClN5O3/c1-16-20(23(24)29(28-16)18-6-4-3-5-7-18)14-26-27-22(31)15-25-21(30)13-10-17-8-11-19(32-2)12-9-17/h3-14H,15H2,1-2H3,(H,25,30)(H,27,31). The highest BCUT2D eigenvalue weighted by molar-refractivity contribution is 6.32. The summed E-state index contributed by atoms with van der Waals surface area (Å²) in [4.78, 5) is 23.8. The number of hydrogen-bond donors (Lipinski definition) is 2. The second-order valence-corrected chi connectivity index (χ2v) is 7.01. The summed E-state index contributed by atoms with van der Waals surface area (Å²) in [7, 11) is 1.58.